The Morgan fingerprint density at radius 1 is 1.09 bits per heavy atom. The average Bonchev–Trinajstić information content (AvgIpc) is 3.16. The lowest BCUT2D eigenvalue weighted by molar-refractivity contribution is 0.334. The van der Waals surface area contributed by atoms with E-state index >= 15 is 0 Å². The molecule has 2 aromatic heterocycles. The van der Waals surface area contributed by atoms with E-state index in [0.717, 1.165) is 11.8 Å². The van der Waals surface area contributed by atoms with Crippen LogP contribution in [0.5, 0.6) is 0 Å². The molecule has 0 unspecified atom stereocenters. The maximum absolute atomic E-state index is 14.0. The number of fused-ring (bicyclic) bond motifs is 1. The molecule has 0 saturated heterocycles. The molecular weight excluding hydrogens is 465 g/mol. The highest BCUT2D eigenvalue weighted by molar-refractivity contribution is 7.89. The lowest BCUT2D eigenvalue weighted by Crippen LogP contribution is -2.37. The lowest BCUT2D eigenvalue weighted by atomic mass is 10.1. The zero-order chi connectivity index (χ0) is 24.5. The summed E-state index contributed by atoms with van der Waals surface area (Å²) in [6, 6.07) is 14.8. The van der Waals surface area contributed by atoms with Crippen molar-refractivity contribution in [3.63, 3.8) is 0 Å². The second-order valence-electron chi connectivity index (χ2n) is 7.67. The third-order valence-corrected chi connectivity index (χ3v) is 6.82. The fraction of sp³-hybridized carbons (Fsp3) is 0.167. The number of benzene rings is 2. The standard InChI is InChI=1S/C24H19F3N4O2S/c1-15-2-5-18(6-3-15)31-23-9-4-16(27)10-20(23)21(13-28)24(31)22-8-7-19(14-29-22)34(32,33)30-17(11-25)12-26/h2-10,14,17,30H,11-12H2,1H3. The van der Waals surface area contributed by atoms with Crippen LogP contribution in [-0.4, -0.2) is 37.4 Å². The fourth-order valence-corrected chi connectivity index (χ4v) is 4.79. The summed E-state index contributed by atoms with van der Waals surface area (Å²) >= 11 is 0. The molecule has 0 atom stereocenters. The van der Waals surface area contributed by atoms with Crippen LogP contribution >= 0.6 is 0 Å². The highest BCUT2D eigenvalue weighted by Crippen LogP contribution is 2.36. The molecule has 0 spiro atoms. The Kier molecular flexibility index (Phi) is 6.41. The summed E-state index contributed by atoms with van der Waals surface area (Å²) in [4.78, 5) is 3.95. The largest absolute Gasteiger partial charge is 0.307 e. The van der Waals surface area contributed by atoms with Crippen LogP contribution in [-0.2, 0) is 10.0 Å². The number of halogens is 3. The zero-order valence-corrected chi connectivity index (χ0v) is 18.8. The van der Waals surface area contributed by atoms with Gasteiger partial charge in [0.2, 0.25) is 10.0 Å². The van der Waals surface area contributed by atoms with Gasteiger partial charge in [0.25, 0.3) is 0 Å². The van der Waals surface area contributed by atoms with E-state index in [1.165, 1.54) is 24.3 Å². The molecule has 0 fully saturated rings. The normalized spacial score (nSPS) is 11.8. The second kappa shape index (κ2) is 9.29. The highest BCUT2D eigenvalue weighted by atomic mass is 32.2. The van der Waals surface area contributed by atoms with Gasteiger partial charge in [-0.05, 0) is 49.4 Å². The van der Waals surface area contributed by atoms with E-state index in [0.29, 0.717) is 22.3 Å². The molecule has 1 N–H and O–H groups in total. The van der Waals surface area contributed by atoms with Crippen LogP contribution in [0.25, 0.3) is 28.0 Å². The van der Waals surface area contributed by atoms with E-state index in [9.17, 15) is 26.9 Å². The summed E-state index contributed by atoms with van der Waals surface area (Å²) in [6.45, 7) is -0.459. The predicted octanol–water partition coefficient (Wildman–Crippen LogP) is 4.60. The molecule has 6 nitrogen and oxygen atoms in total. The third-order valence-electron chi connectivity index (χ3n) is 5.32. The first-order valence-corrected chi connectivity index (χ1v) is 11.7. The number of nitrogens with one attached hydrogen (secondary N) is 1. The SMILES string of the molecule is Cc1ccc(-n2c(-c3ccc(S(=O)(=O)NC(CF)CF)cn3)c(C#N)c3cc(F)ccc32)cc1. The van der Waals surface area contributed by atoms with Crippen molar-refractivity contribution in [1.82, 2.24) is 14.3 Å². The Morgan fingerprint density at radius 2 is 1.79 bits per heavy atom. The maximum atomic E-state index is 14.0. The van der Waals surface area contributed by atoms with Crippen molar-refractivity contribution in [3.05, 3.63) is 77.7 Å². The number of sulfonamides is 1. The number of aromatic nitrogens is 2. The van der Waals surface area contributed by atoms with Crippen molar-refractivity contribution >= 4 is 20.9 Å². The Morgan fingerprint density at radius 3 is 2.38 bits per heavy atom. The number of pyridine rings is 1. The molecule has 10 heteroatoms. The number of hydrogen-bond donors (Lipinski definition) is 1. The van der Waals surface area contributed by atoms with Crippen LogP contribution in [0.4, 0.5) is 13.2 Å². The van der Waals surface area contributed by atoms with Crippen molar-refractivity contribution in [3.8, 4) is 23.1 Å². The first-order chi connectivity index (χ1) is 16.3. The monoisotopic (exact) mass is 484 g/mol. The van der Waals surface area contributed by atoms with Gasteiger partial charge in [0, 0.05) is 17.3 Å². The van der Waals surface area contributed by atoms with E-state index in [4.69, 9.17) is 0 Å². The Balaban J connectivity index is 1.90. The molecule has 2 heterocycles. The molecular formula is C24H19F3N4O2S. The van der Waals surface area contributed by atoms with Gasteiger partial charge in [-0.2, -0.15) is 5.26 Å². The predicted molar refractivity (Wildman–Crippen MR) is 122 cm³/mol. The highest BCUT2D eigenvalue weighted by Gasteiger charge is 2.24. The summed E-state index contributed by atoms with van der Waals surface area (Å²) in [5.41, 5.74) is 3.09. The first-order valence-electron chi connectivity index (χ1n) is 10.2. The lowest BCUT2D eigenvalue weighted by Gasteiger charge is -2.13. The number of nitriles is 1. The van der Waals surface area contributed by atoms with E-state index in [1.807, 2.05) is 35.9 Å². The fourth-order valence-electron chi connectivity index (χ4n) is 3.65. The molecule has 0 radical (unpaired) electrons. The van der Waals surface area contributed by atoms with Gasteiger partial charge in [-0.15, -0.1) is 0 Å². The number of nitrogens with zero attached hydrogens (tertiary/aromatic N) is 3. The summed E-state index contributed by atoms with van der Waals surface area (Å²) in [6.07, 6.45) is 1.05. The summed E-state index contributed by atoms with van der Waals surface area (Å²) in [5, 5.41) is 10.3. The van der Waals surface area contributed by atoms with Gasteiger partial charge in [0.1, 0.15) is 30.1 Å². The van der Waals surface area contributed by atoms with Crippen molar-refractivity contribution < 1.29 is 21.6 Å². The maximum Gasteiger partial charge on any atom is 0.242 e. The molecule has 34 heavy (non-hydrogen) atoms. The molecule has 0 bridgehead atoms. The topological polar surface area (TPSA) is 87.8 Å². The molecule has 0 aliphatic heterocycles. The van der Waals surface area contributed by atoms with Crippen molar-refractivity contribution in [2.24, 2.45) is 0 Å². The van der Waals surface area contributed by atoms with Crippen molar-refractivity contribution in [2.75, 3.05) is 13.3 Å². The van der Waals surface area contributed by atoms with E-state index < -0.39 is 35.2 Å². The minimum absolute atomic E-state index is 0.172. The molecule has 0 aliphatic carbocycles. The van der Waals surface area contributed by atoms with Crippen molar-refractivity contribution in [2.45, 2.75) is 17.9 Å². The number of rotatable bonds is 7. The summed E-state index contributed by atoms with van der Waals surface area (Å²) < 4.78 is 68.2. The number of aryl methyl sites for hydroxylation is 1. The Bertz CT molecular complexity index is 1490. The third kappa shape index (κ3) is 4.27. The molecule has 0 amide bonds. The van der Waals surface area contributed by atoms with Crippen LogP contribution in [0.2, 0.25) is 0 Å². The average molecular weight is 485 g/mol. The van der Waals surface area contributed by atoms with Crippen LogP contribution in [0, 0.1) is 24.1 Å². The van der Waals surface area contributed by atoms with Gasteiger partial charge < -0.3 is 4.57 Å². The van der Waals surface area contributed by atoms with Crippen LogP contribution in [0.15, 0.2) is 65.7 Å². The molecule has 0 aliphatic rings. The van der Waals surface area contributed by atoms with E-state index in [-0.39, 0.29) is 16.2 Å². The minimum Gasteiger partial charge on any atom is -0.307 e. The van der Waals surface area contributed by atoms with Crippen molar-refractivity contribution in [1.29, 1.82) is 5.26 Å². The number of alkyl halides is 2. The second-order valence-corrected chi connectivity index (χ2v) is 9.39. The van der Waals surface area contributed by atoms with Crippen LogP contribution in [0.3, 0.4) is 0 Å². The van der Waals surface area contributed by atoms with Gasteiger partial charge in [0.05, 0.1) is 28.5 Å². The molecule has 174 valence electrons. The van der Waals surface area contributed by atoms with Gasteiger partial charge in [0.15, 0.2) is 0 Å². The van der Waals surface area contributed by atoms with Crippen LogP contribution < -0.4 is 4.72 Å². The summed E-state index contributed by atoms with van der Waals surface area (Å²) in [7, 11) is -4.21. The Hall–Kier alpha value is -3.68. The number of hydrogen-bond acceptors (Lipinski definition) is 4. The minimum atomic E-state index is -4.21. The Labute approximate surface area is 194 Å². The van der Waals surface area contributed by atoms with Gasteiger partial charge in [-0.1, -0.05) is 17.7 Å². The molecule has 4 aromatic rings. The van der Waals surface area contributed by atoms with E-state index in [2.05, 4.69) is 11.1 Å². The smallest absolute Gasteiger partial charge is 0.242 e. The van der Waals surface area contributed by atoms with E-state index in [1.54, 1.807) is 10.6 Å². The van der Waals surface area contributed by atoms with Crippen LogP contribution in [0.1, 0.15) is 11.1 Å². The van der Waals surface area contributed by atoms with Gasteiger partial charge in [-0.3, -0.25) is 4.98 Å². The van der Waals surface area contributed by atoms with Gasteiger partial charge in [-0.25, -0.2) is 26.3 Å². The zero-order valence-electron chi connectivity index (χ0n) is 18.0. The van der Waals surface area contributed by atoms with Gasteiger partial charge >= 0.3 is 0 Å². The molecule has 0 saturated carbocycles. The first kappa shape index (κ1) is 23.5. The molecule has 4 rings (SSSR count). The molecule has 2 aromatic carbocycles. The quantitative estimate of drug-likeness (QED) is 0.415. The summed E-state index contributed by atoms with van der Waals surface area (Å²) in [5.74, 6) is -0.507.